The molecule has 3 heteroatoms. The molecule has 1 heterocycles. The van der Waals surface area contributed by atoms with E-state index < -0.39 is 0 Å². The van der Waals surface area contributed by atoms with Crippen molar-refractivity contribution in [3.63, 3.8) is 0 Å². The first-order valence-corrected chi connectivity index (χ1v) is 7.36. The molecule has 1 saturated heterocycles. The minimum Gasteiger partial charge on any atom is -0.494 e. The van der Waals surface area contributed by atoms with Crippen LogP contribution in [0.25, 0.3) is 0 Å². The molecule has 0 atom stereocenters. The lowest BCUT2D eigenvalue weighted by Crippen LogP contribution is -2.34. The second kappa shape index (κ2) is 7.51. The van der Waals surface area contributed by atoms with Gasteiger partial charge in [-0.25, -0.2) is 0 Å². The maximum Gasteiger partial charge on any atom is 0.119 e. The third-order valence-electron chi connectivity index (χ3n) is 3.74. The average molecular weight is 263 g/mol. The molecular formula is C16H25NO2. The summed E-state index contributed by atoms with van der Waals surface area (Å²) in [5.74, 6) is 1.49. The minimum atomic E-state index is 0.341. The lowest BCUT2D eigenvalue weighted by Gasteiger charge is -2.31. The van der Waals surface area contributed by atoms with E-state index in [2.05, 4.69) is 30.0 Å². The summed E-state index contributed by atoms with van der Waals surface area (Å²) in [4.78, 5) is 2.46. The Morgan fingerprint density at radius 1 is 1.32 bits per heavy atom. The van der Waals surface area contributed by atoms with Crippen molar-refractivity contribution in [1.29, 1.82) is 0 Å². The Hall–Kier alpha value is -1.06. The molecule has 0 aromatic heterocycles. The molecule has 0 spiro atoms. The summed E-state index contributed by atoms with van der Waals surface area (Å²) in [5, 5.41) is 9.15. The number of aliphatic hydroxyl groups excluding tert-OH is 1. The predicted octanol–water partition coefficient (Wildman–Crippen LogP) is 2.68. The highest BCUT2D eigenvalue weighted by molar-refractivity contribution is 5.28. The Bertz CT molecular complexity index is 373. The lowest BCUT2D eigenvalue weighted by atomic mass is 9.97. The number of ether oxygens (including phenoxy) is 1. The van der Waals surface area contributed by atoms with Gasteiger partial charge in [0.15, 0.2) is 0 Å². The van der Waals surface area contributed by atoms with Gasteiger partial charge in [0.2, 0.25) is 0 Å². The number of aliphatic hydroxyl groups is 1. The summed E-state index contributed by atoms with van der Waals surface area (Å²) >= 11 is 0. The van der Waals surface area contributed by atoms with Crippen LogP contribution < -0.4 is 4.74 Å². The summed E-state index contributed by atoms with van der Waals surface area (Å²) in [5.41, 5.74) is 1.32. The molecular weight excluding hydrogens is 238 g/mol. The summed E-state index contributed by atoms with van der Waals surface area (Å²) in [6.07, 6.45) is 3.27. The molecule has 19 heavy (non-hydrogen) atoms. The maximum atomic E-state index is 9.15. The summed E-state index contributed by atoms with van der Waals surface area (Å²) in [6, 6.07) is 8.41. The number of rotatable bonds is 6. The first-order chi connectivity index (χ1) is 9.31. The van der Waals surface area contributed by atoms with Crippen molar-refractivity contribution in [3.8, 4) is 5.75 Å². The standard InChI is InChI=1S/C16H25NO2/c1-2-10-19-16-5-3-4-15(11-16)12-17-8-6-14(13-18)7-9-17/h3-5,11,14,18H,2,6-10,12-13H2,1H3. The van der Waals surface area contributed by atoms with Gasteiger partial charge in [0.05, 0.1) is 6.61 Å². The highest BCUT2D eigenvalue weighted by Crippen LogP contribution is 2.20. The van der Waals surface area contributed by atoms with Gasteiger partial charge < -0.3 is 9.84 Å². The van der Waals surface area contributed by atoms with Crippen LogP contribution in [-0.4, -0.2) is 36.3 Å². The number of hydrogen-bond acceptors (Lipinski definition) is 3. The van der Waals surface area contributed by atoms with Crippen molar-refractivity contribution >= 4 is 0 Å². The van der Waals surface area contributed by atoms with Crippen LogP contribution in [0.4, 0.5) is 0 Å². The molecule has 0 aliphatic carbocycles. The molecule has 1 aliphatic rings. The Balaban J connectivity index is 1.85. The Morgan fingerprint density at radius 3 is 2.79 bits per heavy atom. The summed E-state index contributed by atoms with van der Waals surface area (Å²) in [6.45, 7) is 6.41. The first-order valence-electron chi connectivity index (χ1n) is 7.36. The highest BCUT2D eigenvalue weighted by atomic mass is 16.5. The maximum absolute atomic E-state index is 9.15. The predicted molar refractivity (Wildman–Crippen MR) is 77.3 cm³/mol. The van der Waals surface area contributed by atoms with E-state index in [1.54, 1.807) is 0 Å². The van der Waals surface area contributed by atoms with Crippen molar-refractivity contribution in [2.24, 2.45) is 5.92 Å². The molecule has 1 aromatic rings. The van der Waals surface area contributed by atoms with E-state index in [1.807, 2.05) is 6.07 Å². The van der Waals surface area contributed by atoms with Crippen molar-refractivity contribution < 1.29 is 9.84 Å². The van der Waals surface area contributed by atoms with E-state index in [1.165, 1.54) is 5.56 Å². The average Bonchev–Trinajstić information content (AvgIpc) is 2.46. The van der Waals surface area contributed by atoms with E-state index >= 15 is 0 Å². The largest absolute Gasteiger partial charge is 0.494 e. The Morgan fingerprint density at radius 2 is 2.11 bits per heavy atom. The molecule has 0 amide bonds. The van der Waals surface area contributed by atoms with E-state index in [0.717, 1.165) is 51.3 Å². The smallest absolute Gasteiger partial charge is 0.119 e. The van der Waals surface area contributed by atoms with Crippen molar-refractivity contribution in [2.45, 2.75) is 32.7 Å². The zero-order valence-electron chi connectivity index (χ0n) is 11.8. The topological polar surface area (TPSA) is 32.7 Å². The van der Waals surface area contributed by atoms with E-state index in [9.17, 15) is 0 Å². The molecule has 0 saturated carbocycles. The zero-order chi connectivity index (χ0) is 13.5. The molecule has 2 rings (SSSR count). The molecule has 0 bridgehead atoms. The van der Waals surface area contributed by atoms with Crippen LogP contribution in [0.3, 0.4) is 0 Å². The number of piperidine rings is 1. The van der Waals surface area contributed by atoms with Crippen LogP contribution in [0.15, 0.2) is 24.3 Å². The lowest BCUT2D eigenvalue weighted by molar-refractivity contribution is 0.127. The van der Waals surface area contributed by atoms with Gasteiger partial charge in [0.25, 0.3) is 0 Å². The molecule has 1 N–H and O–H groups in total. The van der Waals surface area contributed by atoms with Gasteiger partial charge in [0.1, 0.15) is 5.75 Å². The quantitative estimate of drug-likeness (QED) is 0.856. The van der Waals surface area contributed by atoms with Gasteiger partial charge in [-0.3, -0.25) is 4.90 Å². The molecule has 3 nitrogen and oxygen atoms in total. The van der Waals surface area contributed by atoms with Crippen molar-refractivity contribution in [2.75, 3.05) is 26.3 Å². The third kappa shape index (κ3) is 4.51. The highest BCUT2D eigenvalue weighted by Gasteiger charge is 2.18. The van der Waals surface area contributed by atoms with Crippen LogP contribution >= 0.6 is 0 Å². The SMILES string of the molecule is CCCOc1cccc(CN2CCC(CO)CC2)c1. The number of nitrogens with zero attached hydrogens (tertiary/aromatic N) is 1. The van der Waals surface area contributed by atoms with E-state index in [-0.39, 0.29) is 0 Å². The number of benzene rings is 1. The molecule has 1 aliphatic heterocycles. The molecule has 0 unspecified atom stereocenters. The Kier molecular flexibility index (Phi) is 5.67. The van der Waals surface area contributed by atoms with Gasteiger partial charge in [0, 0.05) is 13.2 Å². The van der Waals surface area contributed by atoms with Crippen LogP contribution in [0.5, 0.6) is 5.75 Å². The van der Waals surface area contributed by atoms with Crippen LogP contribution in [0.2, 0.25) is 0 Å². The summed E-state index contributed by atoms with van der Waals surface area (Å²) in [7, 11) is 0. The van der Waals surface area contributed by atoms with Crippen LogP contribution in [0, 0.1) is 5.92 Å². The number of likely N-dealkylation sites (tertiary alicyclic amines) is 1. The molecule has 1 fully saturated rings. The first kappa shape index (κ1) is 14.4. The van der Waals surface area contributed by atoms with Crippen LogP contribution in [-0.2, 0) is 6.54 Å². The minimum absolute atomic E-state index is 0.341. The fourth-order valence-corrected chi connectivity index (χ4v) is 2.54. The fraction of sp³-hybridized carbons (Fsp3) is 0.625. The number of hydrogen-bond donors (Lipinski definition) is 1. The van der Waals surface area contributed by atoms with E-state index in [4.69, 9.17) is 9.84 Å². The van der Waals surface area contributed by atoms with Crippen molar-refractivity contribution in [3.05, 3.63) is 29.8 Å². The molecule has 106 valence electrons. The normalized spacial score (nSPS) is 17.6. The van der Waals surface area contributed by atoms with Gasteiger partial charge in [-0.2, -0.15) is 0 Å². The fourth-order valence-electron chi connectivity index (χ4n) is 2.54. The zero-order valence-corrected chi connectivity index (χ0v) is 11.8. The Labute approximate surface area is 116 Å². The van der Waals surface area contributed by atoms with Gasteiger partial charge in [-0.1, -0.05) is 19.1 Å². The van der Waals surface area contributed by atoms with Crippen LogP contribution in [0.1, 0.15) is 31.7 Å². The second-order valence-electron chi connectivity index (χ2n) is 5.40. The van der Waals surface area contributed by atoms with Gasteiger partial charge in [-0.05, 0) is 56.0 Å². The summed E-state index contributed by atoms with van der Waals surface area (Å²) < 4.78 is 5.67. The van der Waals surface area contributed by atoms with E-state index in [0.29, 0.717) is 12.5 Å². The molecule has 1 aromatic carbocycles. The monoisotopic (exact) mass is 263 g/mol. The van der Waals surface area contributed by atoms with Gasteiger partial charge in [-0.15, -0.1) is 0 Å². The van der Waals surface area contributed by atoms with Crippen molar-refractivity contribution in [1.82, 2.24) is 4.90 Å². The van der Waals surface area contributed by atoms with Gasteiger partial charge >= 0.3 is 0 Å². The third-order valence-corrected chi connectivity index (χ3v) is 3.74. The second-order valence-corrected chi connectivity index (χ2v) is 5.40. The molecule has 0 radical (unpaired) electrons.